The SMILES string of the molecule is CCN1CCC2(CC1)C[C@@H]2C(=O)NC(CCCCCC(=O)c1ncco1)c1[nH]c(-c2ccc(F)cc2)nc1Cl.O=C(O)C(F)(F)F.O=C(O)C(F)(F)F. The normalized spacial score (nSPS) is 17.1. The van der Waals surface area contributed by atoms with Gasteiger partial charge in [0.25, 0.3) is 5.89 Å². The largest absolute Gasteiger partial charge is 0.490 e. The zero-order chi connectivity index (χ0) is 39.6. The van der Waals surface area contributed by atoms with E-state index in [1.165, 1.54) is 24.6 Å². The Labute approximate surface area is 303 Å². The number of halogens is 8. The number of aliphatic carboxylic acids is 2. The number of benzene rings is 1. The van der Waals surface area contributed by atoms with Crippen LogP contribution in [0.15, 0.2) is 41.1 Å². The number of imidazole rings is 1. The average molecular weight is 784 g/mol. The Morgan fingerprint density at radius 2 is 1.60 bits per heavy atom. The number of carbonyl (C=O) groups excluding carboxylic acids is 2. The molecule has 2 atom stereocenters. The van der Waals surface area contributed by atoms with E-state index in [2.05, 4.69) is 32.1 Å². The molecule has 3 heterocycles. The average Bonchev–Trinajstić information content (AvgIpc) is 3.38. The summed E-state index contributed by atoms with van der Waals surface area (Å²) in [7, 11) is 0. The molecule has 1 spiro atoms. The minimum atomic E-state index is -5.08. The Balaban J connectivity index is 0.000000458. The van der Waals surface area contributed by atoms with Gasteiger partial charge in [-0.3, -0.25) is 9.59 Å². The highest BCUT2D eigenvalue weighted by molar-refractivity contribution is 6.30. The molecule has 1 aromatic carbocycles. The van der Waals surface area contributed by atoms with Crippen molar-refractivity contribution in [3.8, 4) is 11.4 Å². The maximum absolute atomic E-state index is 13.4. The number of nitrogens with zero attached hydrogens (tertiary/aromatic N) is 3. The Morgan fingerprint density at radius 3 is 2.11 bits per heavy atom. The van der Waals surface area contributed by atoms with E-state index in [0.717, 1.165) is 51.7 Å². The van der Waals surface area contributed by atoms with Crippen LogP contribution < -0.4 is 5.32 Å². The number of rotatable bonds is 12. The number of piperidine rings is 1. The summed E-state index contributed by atoms with van der Waals surface area (Å²) >= 11 is 6.58. The molecule has 2 aliphatic rings. The second-order valence-corrected chi connectivity index (χ2v) is 12.7. The fourth-order valence-corrected chi connectivity index (χ4v) is 6.03. The van der Waals surface area contributed by atoms with Gasteiger partial charge in [0.05, 0.1) is 17.9 Å². The lowest BCUT2D eigenvalue weighted by Crippen LogP contribution is -2.37. The molecular formula is C33H37ClF7N5O7. The van der Waals surface area contributed by atoms with Crippen molar-refractivity contribution >= 4 is 35.2 Å². The van der Waals surface area contributed by atoms with Crippen LogP contribution in [-0.2, 0) is 14.4 Å². The number of alkyl halides is 6. The Kier molecular flexibility index (Phi) is 15.0. The van der Waals surface area contributed by atoms with E-state index in [9.17, 15) is 40.3 Å². The van der Waals surface area contributed by atoms with Gasteiger partial charge >= 0.3 is 24.3 Å². The van der Waals surface area contributed by atoms with Crippen LogP contribution in [0.4, 0.5) is 30.7 Å². The Hall–Kier alpha value is -4.52. The van der Waals surface area contributed by atoms with Crippen LogP contribution in [0.2, 0.25) is 5.15 Å². The third-order valence-corrected chi connectivity index (χ3v) is 9.11. The number of hydrogen-bond donors (Lipinski definition) is 4. The number of likely N-dealkylation sites (tertiary alicyclic amines) is 1. The molecule has 292 valence electrons. The quantitative estimate of drug-likeness (QED) is 0.0832. The molecule has 1 amide bonds. The van der Waals surface area contributed by atoms with Crippen LogP contribution in [-0.4, -0.2) is 85.7 Å². The summed E-state index contributed by atoms with van der Waals surface area (Å²) in [4.78, 5) is 57.5. The van der Waals surface area contributed by atoms with E-state index in [4.69, 9.17) is 35.8 Å². The topological polar surface area (TPSA) is 179 Å². The van der Waals surface area contributed by atoms with Gasteiger partial charge in [0.15, 0.2) is 5.15 Å². The van der Waals surface area contributed by atoms with Crippen LogP contribution in [0.1, 0.15) is 80.7 Å². The molecule has 1 saturated heterocycles. The van der Waals surface area contributed by atoms with Crippen LogP contribution in [0.3, 0.4) is 0 Å². The molecule has 1 aliphatic heterocycles. The van der Waals surface area contributed by atoms with Crippen molar-refractivity contribution < 1.29 is 64.5 Å². The summed E-state index contributed by atoms with van der Waals surface area (Å²) in [6.45, 7) is 5.32. The van der Waals surface area contributed by atoms with Crippen LogP contribution >= 0.6 is 11.6 Å². The van der Waals surface area contributed by atoms with E-state index < -0.39 is 24.3 Å². The minimum absolute atomic E-state index is 0.0238. The molecule has 0 radical (unpaired) electrons. The van der Waals surface area contributed by atoms with E-state index in [-0.39, 0.29) is 40.8 Å². The number of hydrogen-bond acceptors (Lipinski definition) is 8. The molecule has 20 heteroatoms. The highest BCUT2D eigenvalue weighted by Gasteiger charge is 2.58. The van der Waals surface area contributed by atoms with Gasteiger partial charge in [-0.05, 0) is 81.4 Å². The number of unbranched alkanes of at least 4 members (excludes halogenated alkanes) is 2. The van der Waals surface area contributed by atoms with Gasteiger partial charge in [0.1, 0.15) is 17.9 Å². The van der Waals surface area contributed by atoms with Crippen LogP contribution in [0, 0.1) is 17.2 Å². The number of aromatic amines is 1. The smallest absolute Gasteiger partial charge is 0.475 e. The monoisotopic (exact) mass is 783 g/mol. The Bertz CT molecular complexity index is 1650. The molecule has 1 aliphatic carbocycles. The third-order valence-electron chi connectivity index (χ3n) is 8.83. The number of ketones is 1. The van der Waals surface area contributed by atoms with Crippen molar-refractivity contribution in [3.63, 3.8) is 0 Å². The first-order valence-electron chi connectivity index (χ1n) is 16.3. The van der Waals surface area contributed by atoms with Crippen molar-refractivity contribution in [1.29, 1.82) is 0 Å². The Morgan fingerprint density at radius 1 is 1.02 bits per heavy atom. The zero-order valence-electron chi connectivity index (χ0n) is 28.2. The maximum atomic E-state index is 13.4. The lowest BCUT2D eigenvalue weighted by Gasteiger charge is -2.32. The summed E-state index contributed by atoms with van der Waals surface area (Å²) in [5, 5.41) is 17.8. The van der Waals surface area contributed by atoms with Crippen molar-refractivity contribution in [3.05, 3.63) is 59.3 Å². The summed E-state index contributed by atoms with van der Waals surface area (Å²) in [5.41, 5.74) is 1.48. The number of H-pyrrole nitrogens is 1. The number of carboxylic acids is 2. The molecule has 1 unspecified atom stereocenters. The summed E-state index contributed by atoms with van der Waals surface area (Å²) < 4.78 is 82.0. The van der Waals surface area contributed by atoms with Crippen molar-refractivity contribution in [2.45, 2.75) is 76.7 Å². The number of oxazole rings is 1. The molecule has 2 fully saturated rings. The second-order valence-electron chi connectivity index (χ2n) is 12.4. The molecule has 0 bridgehead atoms. The number of carboxylic acid groups (broad SMARTS) is 2. The predicted molar refractivity (Wildman–Crippen MR) is 173 cm³/mol. The molecule has 12 nitrogen and oxygen atoms in total. The van der Waals surface area contributed by atoms with Crippen molar-refractivity contribution in [2.75, 3.05) is 19.6 Å². The first-order valence-corrected chi connectivity index (χ1v) is 16.7. The van der Waals surface area contributed by atoms with Gasteiger partial charge in [-0.25, -0.2) is 23.9 Å². The van der Waals surface area contributed by atoms with Crippen molar-refractivity contribution in [1.82, 2.24) is 25.2 Å². The number of Topliss-reactive ketones (excluding diaryl/α,β-unsaturated/α-hetero) is 1. The number of amides is 1. The zero-order valence-corrected chi connectivity index (χ0v) is 29.0. The maximum Gasteiger partial charge on any atom is 0.490 e. The first-order chi connectivity index (χ1) is 24.8. The van der Waals surface area contributed by atoms with E-state index in [1.807, 2.05) is 0 Å². The lowest BCUT2D eigenvalue weighted by molar-refractivity contribution is -0.193. The van der Waals surface area contributed by atoms with E-state index >= 15 is 0 Å². The first kappa shape index (κ1) is 42.9. The molecule has 3 aromatic rings. The van der Waals surface area contributed by atoms with Gasteiger partial charge < -0.3 is 29.8 Å². The summed E-state index contributed by atoms with van der Waals surface area (Å²) in [6.07, 6.45) is -0.977. The summed E-state index contributed by atoms with van der Waals surface area (Å²) in [5.74, 6) is -5.19. The fourth-order valence-electron chi connectivity index (χ4n) is 5.77. The summed E-state index contributed by atoms with van der Waals surface area (Å²) in [6, 6.07) is 5.69. The number of aromatic nitrogens is 3. The molecule has 53 heavy (non-hydrogen) atoms. The highest BCUT2D eigenvalue weighted by Crippen LogP contribution is 2.59. The van der Waals surface area contributed by atoms with E-state index in [0.29, 0.717) is 41.5 Å². The van der Waals surface area contributed by atoms with Gasteiger partial charge in [-0.15, -0.1) is 0 Å². The molecule has 2 aromatic heterocycles. The third kappa shape index (κ3) is 12.8. The van der Waals surface area contributed by atoms with E-state index in [1.54, 1.807) is 12.1 Å². The molecular weight excluding hydrogens is 747 g/mol. The lowest BCUT2D eigenvalue weighted by atomic mass is 9.90. The van der Waals surface area contributed by atoms with Crippen molar-refractivity contribution in [2.24, 2.45) is 11.3 Å². The number of carbonyl (C=O) groups is 4. The number of nitrogens with one attached hydrogen (secondary N) is 2. The second kappa shape index (κ2) is 18.5. The standard InChI is InChI=1S/C29H35ClFN5O3.2C2HF3O2/c1-2-36-15-12-29(13-16-36)18-21(29)27(38)33-22(6-4-3-5-7-23(37)28-32-14-17-39-28)24-25(30)35-26(34-24)19-8-10-20(31)11-9-19;2*3-2(4,5)1(6)7/h8-11,14,17,21-22H,2-7,12-13,15-16,18H2,1H3,(H,33,38)(H,34,35);2*(H,6,7)/t21-,22?;;/m1../s1. The van der Waals surface area contributed by atoms with Gasteiger partial charge in [0.2, 0.25) is 11.7 Å². The fraction of sp³-hybridized carbons (Fsp3) is 0.515. The van der Waals surface area contributed by atoms with Crippen LogP contribution in [0.5, 0.6) is 0 Å². The van der Waals surface area contributed by atoms with Crippen LogP contribution in [0.25, 0.3) is 11.4 Å². The highest BCUT2D eigenvalue weighted by atomic mass is 35.5. The predicted octanol–water partition coefficient (Wildman–Crippen LogP) is 7.24. The van der Waals surface area contributed by atoms with Gasteiger partial charge in [-0.2, -0.15) is 26.3 Å². The minimum Gasteiger partial charge on any atom is -0.475 e. The molecule has 1 saturated carbocycles. The molecule has 4 N–H and O–H groups in total. The van der Waals surface area contributed by atoms with Gasteiger partial charge in [-0.1, -0.05) is 31.4 Å². The van der Waals surface area contributed by atoms with Gasteiger partial charge in [0, 0.05) is 17.9 Å². The molecule has 5 rings (SSSR count).